The van der Waals surface area contributed by atoms with Gasteiger partial charge in [0.15, 0.2) is 29.4 Å². The van der Waals surface area contributed by atoms with E-state index in [1.165, 1.54) is 36.3 Å². The average molecular weight is 427 g/mol. The van der Waals surface area contributed by atoms with Crippen molar-refractivity contribution in [2.75, 3.05) is 19.9 Å². The number of halogens is 1. The lowest BCUT2D eigenvalue weighted by atomic mass is 10.1. The van der Waals surface area contributed by atoms with Gasteiger partial charge in [-0.1, -0.05) is 0 Å². The highest BCUT2D eigenvalue weighted by Gasteiger charge is 2.20. The number of nitrogens with two attached hydrogens (primary N) is 1. The second kappa shape index (κ2) is 8.17. The first kappa shape index (κ1) is 20.5. The molecule has 1 atom stereocenters. The minimum Gasteiger partial charge on any atom is -0.494 e. The highest BCUT2D eigenvalue weighted by molar-refractivity contribution is 5.93. The maximum absolute atomic E-state index is 14.2. The Morgan fingerprint density at radius 2 is 2.19 bits per heavy atom. The van der Waals surface area contributed by atoms with Crippen molar-refractivity contribution in [3.05, 3.63) is 42.1 Å². The van der Waals surface area contributed by atoms with Gasteiger partial charge in [0.2, 0.25) is 11.7 Å². The van der Waals surface area contributed by atoms with Gasteiger partial charge in [-0.2, -0.15) is 4.52 Å². The molecule has 0 aliphatic rings. The molecule has 1 aromatic carbocycles. The fraction of sp³-hybridized carbons (Fsp3) is 0.350. The number of rotatable bonds is 7. The first-order valence-electron chi connectivity index (χ1n) is 9.73. The minimum atomic E-state index is -0.513. The third-order valence-electron chi connectivity index (χ3n) is 5.26. The summed E-state index contributed by atoms with van der Waals surface area (Å²) < 4.78 is 25.7. The summed E-state index contributed by atoms with van der Waals surface area (Å²) in [6.45, 7) is 1.96. The normalized spacial score (nSPS) is 12.4. The van der Waals surface area contributed by atoms with Crippen molar-refractivity contribution in [3.8, 4) is 5.75 Å². The summed E-state index contributed by atoms with van der Waals surface area (Å²) in [5.74, 6) is 0.269. The molecule has 0 unspecified atom stereocenters. The first-order chi connectivity index (χ1) is 14.9. The van der Waals surface area contributed by atoms with E-state index in [0.29, 0.717) is 28.8 Å². The number of benzene rings is 1. The Hall–Kier alpha value is -3.76. The molecule has 0 radical (unpaired) electrons. The van der Waals surface area contributed by atoms with E-state index in [9.17, 15) is 9.18 Å². The van der Waals surface area contributed by atoms with Gasteiger partial charge in [-0.25, -0.2) is 19.3 Å². The van der Waals surface area contributed by atoms with E-state index in [2.05, 4.69) is 20.1 Å². The van der Waals surface area contributed by atoms with E-state index in [0.717, 1.165) is 12.8 Å². The van der Waals surface area contributed by atoms with Gasteiger partial charge in [0.25, 0.3) is 5.91 Å². The number of hydrogen-bond donors (Lipinski definition) is 1. The predicted molar refractivity (Wildman–Crippen MR) is 110 cm³/mol. The van der Waals surface area contributed by atoms with Crippen LogP contribution in [-0.2, 0) is 6.42 Å². The van der Waals surface area contributed by atoms with Crippen molar-refractivity contribution in [1.29, 1.82) is 0 Å². The van der Waals surface area contributed by atoms with Gasteiger partial charge in [-0.15, -0.1) is 5.10 Å². The van der Waals surface area contributed by atoms with Crippen molar-refractivity contribution in [2.45, 2.75) is 32.2 Å². The summed E-state index contributed by atoms with van der Waals surface area (Å²) in [5, 5.41) is 4.91. The van der Waals surface area contributed by atoms with Gasteiger partial charge in [0, 0.05) is 31.0 Å². The standard InChI is InChI=1S/C20H22FN7O3/c1-11(27(2)19(29)16-9-23-10-31-16)5-4-6-17-25-18-12-7-13(21)15(30-3)8-14(12)24-20(22)28(18)26-17/h7-11H,4-6H2,1-3H3,(H2,22,24)/t11-/m0/s1. The van der Waals surface area contributed by atoms with Crippen molar-refractivity contribution < 1.29 is 18.3 Å². The molecule has 0 bridgehead atoms. The third-order valence-corrected chi connectivity index (χ3v) is 5.26. The number of aromatic nitrogens is 5. The highest BCUT2D eigenvalue weighted by atomic mass is 19.1. The third kappa shape index (κ3) is 3.86. The van der Waals surface area contributed by atoms with Crippen LogP contribution in [0.25, 0.3) is 16.6 Å². The number of nitrogen functional groups attached to an aromatic ring is 1. The maximum Gasteiger partial charge on any atom is 0.291 e. The molecule has 10 nitrogen and oxygen atoms in total. The largest absolute Gasteiger partial charge is 0.494 e. The smallest absolute Gasteiger partial charge is 0.291 e. The van der Waals surface area contributed by atoms with E-state index < -0.39 is 5.82 Å². The Bertz CT molecular complexity index is 1240. The fourth-order valence-corrected chi connectivity index (χ4v) is 3.38. The number of amides is 1. The van der Waals surface area contributed by atoms with Gasteiger partial charge < -0.3 is 19.8 Å². The van der Waals surface area contributed by atoms with Crippen molar-refractivity contribution in [2.24, 2.45) is 0 Å². The summed E-state index contributed by atoms with van der Waals surface area (Å²) in [6, 6.07) is 2.78. The number of fused-ring (bicyclic) bond motifs is 3. The number of ether oxygens (including phenoxy) is 1. The molecule has 4 rings (SSSR count). The van der Waals surface area contributed by atoms with Gasteiger partial charge >= 0.3 is 0 Å². The lowest BCUT2D eigenvalue weighted by Gasteiger charge is -2.23. The molecular formula is C20H22FN7O3. The van der Waals surface area contributed by atoms with Gasteiger partial charge in [0.1, 0.15) is 0 Å². The molecule has 0 saturated carbocycles. The van der Waals surface area contributed by atoms with Gasteiger partial charge in [-0.3, -0.25) is 4.79 Å². The van der Waals surface area contributed by atoms with Crippen LogP contribution >= 0.6 is 0 Å². The number of nitrogens with zero attached hydrogens (tertiary/aromatic N) is 6. The van der Waals surface area contributed by atoms with Crippen LogP contribution in [0.5, 0.6) is 5.75 Å². The molecule has 0 fully saturated rings. The molecule has 3 aromatic heterocycles. The molecular weight excluding hydrogens is 405 g/mol. The van der Waals surface area contributed by atoms with Crippen molar-refractivity contribution in [1.82, 2.24) is 29.5 Å². The van der Waals surface area contributed by atoms with Gasteiger partial charge in [0.05, 0.1) is 18.8 Å². The fourth-order valence-electron chi connectivity index (χ4n) is 3.38. The molecule has 4 aromatic rings. The lowest BCUT2D eigenvalue weighted by molar-refractivity contribution is 0.0703. The summed E-state index contributed by atoms with van der Waals surface area (Å²) in [5.41, 5.74) is 6.93. The number of oxazole rings is 1. The number of carbonyl (C=O) groups excluding carboxylic acids is 1. The summed E-state index contributed by atoms with van der Waals surface area (Å²) in [7, 11) is 3.11. The molecule has 0 aliphatic heterocycles. The molecule has 162 valence electrons. The zero-order valence-electron chi connectivity index (χ0n) is 17.4. The summed E-state index contributed by atoms with van der Waals surface area (Å²) >= 11 is 0. The molecule has 3 heterocycles. The number of anilines is 1. The molecule has 31 heavy (non-hydrogen) atoms. The van der Waals surface area contributed by atoms with Crippen LogP contribution in [0, 0.1) is 5.82 Å². The number of methoxy groups -OCH3 is 1. The Morgan fingerprint density at radius 3 is 2.90 bits per heavy atom. The lowest BCUT2D eigenvalue weighted by Crippen LogP contribution is -2.34. The van der Waals surface area contributed by atoms with Gasteiger partial charge in [-0.05, 0) is 25.8 Å². The average Bonchev–Trinajstić information content (AvgIpc) is 3.43. The zero-order chi connectivity index (χ0) is 22.1. The quantitative estimate of drug-likeness (QED) is 0.477. The van der Waals surface area contributed by atoms with Crippen molar-refractivity contribution >= 4 is 28.4 Å². The molecule has 2 N–H and O–H groups in total. The van der Waals surface area contributed by atoms with Crippen LogP contribution in [-0.4, -0.2) is 55.6 Å². The van der Waals surface area contributed by atoms with Crippen LogP contribution in [0.15, 0.2) is 29.1 Å². The second-order valence-corrected chi connectivity index (χ2v) is 7.26. The van der Waals surface area contributed by atoms with Crippen LogP contribution in [0.3, 0.4) is 0 Å². The van der Waals surface area contributed by atoms with Crippen LogP contribution in [0.1, 0.15) is 36.1 Å². The van der Waals surface area contributed by atoms with Crippen LogP contribution < -0.4 is 10.5 Å². The molecule has 0 aliphatic carbocycles. The van der Waals surface area contributed by atoms with Crippen LogP contribution in [0.4, 0.5) is 10.3 Å². The number of aryl methyl sites for hydroxylation is 1. The Balaban J connectivity index is 1.49. The molecule has 1 amide bonds. The van der Waals surface area contributed by atoms with E-state index in [4.69, 9.17) is 14.9 Å². The zero-order valence-corrected chi connectivity index (χ0v) is 17.4. The topological polar surface area (TPSA) is 125 Å². The maximum atomic E-state index is 14.2. The van der Waals surface area contributed by atoms with Crippen molar-refractivity contribution in [3.63, 3.8) is 0 Å². The van der Waals surface area contributed by atoms with Crippen LogP contribution in [0.2, 0.25) is 0 Å². The Kier molecular flexibility index (Phi) is 5.40. The van der Waals surface area contributed by atoms with E-state index >= 15 is 0 Å². The number of carbonyl (C=O) groups is 1. The van der Waals surface area contributed by atoms with E-state index in [1.54, 1.807) is 11.9 Å². The molecule has 11 heteroatoms. The van der Waals surface area contributed by atoms with E-state index in [1.807, 2.05) is 6.92 Å². The Labute approximate surface area is 176 Å². The summed E-state index contributed by atoms with van der Waals surface area (Å²) in [4.78, 5) is 26.5. The summed E-state index contributed by atoms with van der Waals surface area (Å²) in [6.07, 6.45) is 4.65. The SMILES string of the molecule is COc1cc2nc(N)n3nc(CCC[C@H](C)N(C)C(=O)c4cnco4)nc3c2cc1F. The predicted octanol–water partition coefficient (Wildman–Crippen LogP) is 2.48. The first-order valence-corrected chi connectivity index (χ1v) is 9.73. The second-order valence-electron chi connectivity index (χ2n) is 7.26. The Morgan fingerprint density at radius 1 is 1.39 bits per heavy atom. The highest BCUT2D eigenvalue weighted by Crippen LogP contribution is 2.27. The monoisotopic (exact) mass is 427 g/mol. The van der Waals surface area contributed by atoms with E-state index in [-0.39, 0.29) is 29.4 Å². The molecule has 0 saturated heterocycles. The molecule has 0 spiro atoms. The number of hydrogen-bond acceptors (Lipinski definition) is 8. The minimum absolute atomic E-state index is 0.0243.